The zero-order valence-corrected chi connectivity index (χ0v) is 11.8. The number of rotatable bonds is 4. The van der Waals surface area contributed by atoms with E-state index in [0.717, 1.165) is 6.07 Å². The van der Waals surface area contributed by atoms with Crippen molar-refractivity contribution in [1.29, 1.82) is 0 Å². The second-order valence-electron chi connectivity index (χ2n) is 4.18. The molecule has 0 bridgehead atoms. The predicted molar refractivity (Wildman–Crippen MR) is 81.3 cm³/mol. The van der Waals surface area contributed by atoms with Crippen molar-refractivity contribution >= 4 is 29.4 Å². The lowest BCUT2D eigenvalue weighted by Gasteiger charge is -2.01. The van der Waals surface area contributed by atoms with Gasteiger partial charge in [0.25, 0.3) is 11.6 Å². The lowest BCUT2D eigenvalue weighted by Crippen LogP contribution is -2.17. The third-order valence-corrected chi connectivity index (χ3v) is 3.03. The number of nitro groups is 1. The number of hydrogen-bond acceptors (Lipinski definition) is 5. The monoisotopic (exact) mass is 319 g/mol. The first-order chi connectivity index (χ1) is 10.5. The molecule has 2 aromatic carbocycles. The summed E-state index contributed by atoms with van der Waals surface area (Å²) in [7, 11) is 0. The van der Waals surface area contributed by atoms with Gasteiger partial charge in [0.05, 0.1) is 11.1 Å². The fourth-order valence-electron chi connectivity index (χ4n) is 1.62. The first kappa shape index (κ1) is 15.5. The van der Waals surface area contributed by atoms with Gasteiger partial charge < -0.3 is 5.11 Å². The van der Waals surface area contributed by atoms with Crippen molar-refractivity contribution in [3.63, 3.8) is 0 Å². The average Bonchev–Trinajstić information content (AvgIpc) is 2.49. The van der Waals surface area contributed by atoms with Crippen LogP contribution in [0.1, 0.15) is 15.9 Å². The minimum Gasteiger partial charge on any atom is -0.507 e. The van der Waals surface area contributed by atoms with Crippen LogP contribution in [0.3, 0.4) is 0 Å². The number of nitro benzene ring substituents is 1. The van der Waals surface area contributed by atoms with E-state index in [1.54, 1.807) is 18.2 Å². The molecule has 8 heteroatoms. The maximum Gasteiger partial charge on any atom is 0.288 e. The van der Waals surface area contributed by atoms with E-state index in [1.807, 2.05) is 0 Å². The Kier molecular flexibility index (Phi) is 4.70. The van der Waals surface area contributed by atoms with Crippen molar-refractivity contribution in [3.8, 4) is 5.75 Å². The highest BCUT2D eigenvalue weighted by Crippen LogP contribution is 2.24. The summed E-state index contributed by atoms with van der Waals surface area (Å²) in [5, 5.41) is 23.9. The molecule has 2 rings (SSSR count). The van der Waals surface area contributed by atoms with Gasteiger partial charge in [0.2, 0.25) is 0 Å². The smallest absolute Gasteiger partial charge is 0.288 e. The Balaban J connectivity index is 2.12. The molecule has 0 saturated heterocycles. The SMILES string of the molecule is O=C(NN=Cc1ccccc1O)c1ccc(Cl)c([N+](=O)[O-])c1. The number of benzene rings is 2. The van der Waals surface area contributed by atoms with Crippen LogP contribution >= 0.6 is 11.6 Å². The number of carbonyl (C=O) groups is 1. The van der Waals surface area contributed by atoms with Gasteiger partial charge in [-0.15, -0.1) is 0 Å². The zero-order chi connectivity index (χ0) is 16.1. The Morgan fingerprint density at radius 3 is 2.73 bits per heavy atom. The largest absolute Gasteiger partial charge is 0.507 e. The molecular formula is C14H10ClN3O4. The average molecular weight is 320 g/mol. The first-order valence-electron chi connectivity index (χ1n) is 6.04. The molecule has 0 fully saturated rings. The molecule has 2 aromatic rings. The molecule has 2 N–H and O–H groups in total. The van der Waals surface area contributed by atoms with Gasteiger partial charge in [0, 0.05) is 17.2 Å². The van der Waals surface area contributed by atoms with E-state index >= 15 is 0 Å². The van der Waals surface area contributed by atoms with Crippen LogP contribution in [-0.4, -0.2) is 22.2 Å². The van der Waals surface area contributed by atoms with Crippen LogP contribution in [0.25, 0.3) is 0 Å². The van der Waals surface area contributed by atoms with Gasteiger partial charge in [-0.1, -0.05) is 23.7 Å². The van der Waals surface area contributed by atoms with Crippen LogP contribution < -0.4 is 5.43 Å². The van der Waals surface area contributed by atoms with E-state index in [0.29, 0.717) is 5.56 Å². The number of para-hydroxylation sites is 1. The molecule has 0 aliphatic heterocycles. The van der Waals surface area contributed by atoms with Gasteiger partial charge in [0.15, 0.2) is 0 Å². The van der Waals surface area contributed by atoms with E-state index in [4.69, 9.17) is 11.6 Å². The van der Waals surface area contributed by atoms with E-state index in [-0.39, 0.29) is 22.0 Å². The number of halogens is 1. The molecule has 0 aliphatic carbocycles. The Morgan fingerprint density at radius 2 is 2.05 bits per heavy atom. The summed E-state index contributed by atoms with van der Waals surface area (Å²) in [5.74, 6) is -0.617. The van der Waals surface area contributed by atoms with Crippen LogP contribution in [-0.2, 0) is 0 Å². The van der Waals surface area contributed by atoms with E-state index in [9.17, 15) is 20.0 Å². The van der Waals surface area contributed by atoms with E-state index in [2.05, 4.69) is 10.5 Å². The number of nitrogens with one attached hydrogen (secondary N) is 1. The summed E-state index contributed by atoms with van der Waals surface area (Å²) < 4.78 is 0. The highest BCUT2D eigenvalue weighted by Gasteiger charge is 2.15. The lowest BCUT2D eigenvalue weighted by molar-refractivity contribution is -0.384. The topological polar surface area (TPSA) is 105 Å². The molecule has 0 atom stereocenters. The number of hydrogen-bond donors (Lipinski definition) is 2. The van der Waals surface area contributed by atoms with Gasteiger partial charge >= 0.3 is 0 Å². The molecule has 22 heavy (non-hydrogen) atoms. The van der Waals surface area contributed by atoms with Crippen molar-refractivity contribution in [1.82, 2.24) is 5.43 Å². The number of phenols is 1. The summed E-state index contributed by atoms with van der Waals surface area (Å²) in [5.41, 5.74) is 2.32. The van der Waals surface area contributed by atoms with Crippen LogP contribution in [0.15, 0.2) is 47.6 Å². The summed E-state index contributed by atoms with van der Waals surface area (Å²) >= 11 is 5.67. The third-order valence-electron chi connectivity index (χ3n) is 2.71. The number of nitrogens with zero attached hydrogens (tertiary/aromatic N) is 2. The quantitative estimate of drug-likeness (QED) is 0.513. The Bertz CT molecular complexity index is 762. The van der Waals surface area contributed by atoms with E-state index in [1.165, 1.54) is 24.4 Å². The van der Waals surface area contributed by atoms with Crippen molar-refractivity contribution < 1.29 is 14.8 Å². The van der Waals surface area contributed by atoms with E-state index < -0.39 is 10.8 Å². The molecule has 0 saturated carbocycles. The van der Waals surface area contributed by atoms with Crippen molar-refractivity contribution in [3.05, 3.63) is 68.7 Å². The fraction of sp³-hybridized carbons (Fsp3) is 0. The van der Waals surface area contributed by atoms with Crippen LogP contribution in [0.4, 0.5) is 5.69 Å². The number of amides is 1. The van der Waals surface area contributed by atoms with Crippen LogP contribution in [0.2, 0.25) is 5.02 Å². The normalized spacial score (nSPS) is 10.6. The van der Waals surface area contributed by atoms with Crippen LogP contribution in [0.5, 0.6) is 5.75 Å². The maximum atomic E-state index is 11.9. The second kappa shape index (κ2) is 6.68. The highest BCUT2D eigenvalue weighted by atomic mass is 35.5. The van der Waals surface area contributed by atoms with Gasteiger partial charge in [0.1, 0.15) is 10.8 Å². The minimum atomic E-state index is -0.676. The summed E-state index contributed by atoms with van der Waals surface area (Å²) in [6, 6.07) is 10.1. The number of phenolic OH excluding ortho intramolecular Hbond substituents is 1. The third kappa shape index (κ3) is 3.58. The van der Waals surface area contributed by atoms with Gasteiger partial charge in [-0.3, -0.25) is 14.9 Å². The molecule has 0 aliphatic rings. The van der Waals surface area contributed by atoms with Crippen molar-refractivity contribution in [2.24, 2.45) is 5.10 Å². The molecule has 0 radical (unpaired) electrons. The Morgan fingerprint density at radius 1 is 1.32 bits per heavy atom. The maximum absolute atomic E-state index is 11.9. The van der Waals surface area contributed by atoms with Gasteiger partial charge in [-0.25, -0.2) is 5.43 Å². The number of aromatic hydroxyl groups is 1. The van der Waals surface area contributed by atoms with Gasteiger partial charge in [-0.05, 0) is 24.3 Å². The molecule has 1 amide bonds. The summed E-state index contributed by atoms with van der Waals surface area (Å²) in [6.07, 6.45) is 1.26. The minimum absolute atomic E-state index is 0.0163. The number of carbonyl (C=O) groups excluding carboxylic acids is 1. The molecule has 7 nitrogen and oxygen atoms in total. The standard InChI is InChI=1S/C14H10ClN3O4/c15-11-6-5-9(7-12(11)18(21)22)14(20)17-16-8-10-3-1-2-4-13(10)19/h1-8,19H,(H,17,20). The number of hydrazone groups is 1. The Hall–Kier alpha value is -2.93. The predicted octanol–water partition coefficient (Wildman–Crippen LogP) is 2.72. The van der Waals surface area contributed by atoms with Crippen molar-refractivity contribution in [2.75, 3.05) is 0 Å². The van der Waals surface area contributed by atoms with Gasteiger partial charge in [-0.2, -0.15) is 5.10 Å². The van der Waals surface area contributed by atoms with Crippen molar-refractivity contribution in [2.45, 2.75) is 0 Å². The Labute approximate surface area is 130 Å². The zero-order valence-electron chi connectivity index (χ0n) is 11.1. The summed E-state index contributed by atoms with van der Waals surface area (Å²) in [4.78, 5) is 21.9. The highest BCUT2D eigenvalue weighted by molar-refractivity contribution is 6.32. The van der Waals surface area contributed by atoms with Crippen LogP contribution in [0, 0.1) is 10.1 Å². The molecule has 0 unspecified atom stereocenters. The fourth-order valence-corrected chi connectivity index (χ4v) is 1.80. The molecular weight excluding hydrogens is 310 g/mol. The second-order valence-corrected chi connectivity index (χ2v) is 4.59. The molecule has 0 spiro atoms. The molecule has 0 aromatic heterocycles. The lowest BCUT2D eigenvalue weighted by atomic mass is 10.2. The summed E-state index contributed by atoms with van der Waals surface area (Å²) in [6.45, 7) is 0. The first-order valence-corrected chi connectivity index (χ1v) is 6.42. The molecule has 112 valence electrons. The molecule has 0 heterocycles.